The summed E-state index contributed by atoms with van der Waals surface area (Å²) in [6.45, 7) is 3.70. The number of fused-ring (bicyclic) bond motifs is 1. The van der Waals surface area contributed by atoms with Crippen LogP contribution in [0, 0.1) is 6.92 Å². The summed E-state index contributed by atoms with van der Waals surface area (Å²) < 4.78 is 10.6. The standard InChI is InChI=1S/C14H19N3O2/c1-10-12(9-17-14(15)16-7-8-18-2)11-5-3-4-6-13(11)19-10/h3-6H,7-9H2,1-2H3,(H3,15,16,17). The monoisotopic (exact) mass is 261 g/mol. The number of para-hydroxylation sites is 1. The summed E-state index contributed by atoms with van der Waals surface area (Å²) in [6.07, 6.45) is 0. The molecule has 0 bridgehead atoms. The molecule has 2 aromatic rings. The molecule has 0 radical (unpaired) electrons. The zero-order valence-electron chi connectivity index (χ0n) is 11.3. The first-order valence-electron chi connectivity index (χ1n) is 6.22. The van der Waals surface area contributed by atoms with Gasteiger partial charge in [0, 0.05) is 24.6 Å². The second-order valence-corrected chi connectivity index (χ2v) is 4.25. The second kappa shape index (κ2) is 6.24. The second-order valence-electron chi connectivity index (χ2n) is 4.25. The van der Waals surface area contributed by atoms with Crippen LogP contribution in [-0.4, -0.2) is 26.2 Å². The number of aliphatic imine (C=N–C) groups is 1. The van der Waals surface area contributed by atoms with Crippen LogP contribution in [0.4, 0.5) is 0 Å². The summed E-state index contributed by atoms with van der Waals surface area (Å²) >= 11 is 0. The number of nitrogens with two attached hydrogens (primary N) is 1. The number of furan rings is 1. The fraction of sp³-hybridized carbons (Fsp3) is 0.357. The molecule has 0 saturated heterocycles. The molecule has 0 fully saturated rings. The lowest BCUT2D eigenvalue weighted by atomic mass is 10.1. The Morgan fingerprint density at radius 3 is 3.00 bits per heavy atom. The van der Waals surface area contributed by atoms with E-state index < -0.39 is 0 Å². The van der Waals surface area contributed by atoms with E-state index in [-0.39, 0.29) is 0 Å². The number of nitrogens with zero attached hydrogens (tertiary/aromatic N) is 1. The third kappa shape index (κ3) is 3.26. The molecule has 5 nitrogen and oxygen atoms in total. The average molecular weight is 261 g/mol. The van der Waals surface area contributed by atoms with Gasteiger partial charge in [0.2, 0.25) is 0 Å². The van der Waals surface area contributed by atoms with Crippen molar-refractivity contribution >= 4 is 16.9 Å². The Bertz CT molecular complexity index is 575. The van der Waals surface area contributed by atoms with Crippen molar-refractivity contribution < 1.29 is 9.15 Å². The fourth-order valence-corrected chi connectivity index (χ4v) is 1.92. The molecular formula is C14H19N3O2. The number of aryl methyl sites for hydroxylation is 1. The first-order valence-corrected chi connectivity index (χ1v) is 6.22. The van der Waals surface area contributed by atoms with Crippen LogP contribution in [0.1, 0.15) is 11.3 Å². The van der Waals surface area contributed by atoms with Crippen LogP contribution in [0.15, 0.2) is 33.7 Å². The van der Waals surface area contributed by atoms with E-state index >= 15 is 0 Å². The van der Waals surface area contributed by atoms with Gasteiger partial charge < -0.3 is 20.2 Å². The average Bonchev–Trinajstić information content (AvgIpc) is 2.72. The van der Waals surface area contributed by atoms with Crippen LogP contribution in [0.3, 0.4) is 0 Å². The lowest BCUT2D eigenvalue weighted by Crippen LogP contribution is -2.34. The van der Waals surface area contributed by atoms with Crippen molar-refractivity contribution in [1.82, 2.24) is 5.32 Å². The molecule has 1 heterocycles. The maximum atomic E-state index is 5.78. The Morgan fingerprint density at radius 1 is 1.42 bits per heavy atom. The Kier molecular flexibility index (Phi) is 4.41. The molecule has 0 spiro atoms. The minimum atomic E-state index is 0.418. The van der Waals surface area contributed by atoms with Gasteiger partial charge in [0.15, 0.2) is 5.96 Å². The van der Waals surface area contributed by atoms with Crippen LogP contribution < -0.4 is 11.1 Å². The van der Waals surface area contributed by atoms with E-state index in [0.29, 0.717) is 25.7 Å². The van der Waals surface area contributed by atoms with E-state index in [0.717, 1.165) is 22.3 Å². The van der Waals surface area contributed by atoms with Crippen molar-refractivity contribution in [2.45, 2.75) is 13.5 Å². The minimum Gasteiger partial charge on any atom is -0.461 e. The molecule has 19 heavy (non-hydrogen) atoms. The highest BCUT2D eigenvalue weighted by Crippen LogP contribution is 2.25. The predicted octanol–water partition coefficient (Wildman–Crippen LogP) is 1.79. The number of hydrogen-bond donors (Lipinski definition) is 2. The largest absolute Gasteiger partial charge is 0.461 e. The molecule has 0 aliphatic rings. The van der Waals surface area contributed by atoms with Crippen LogP contribution in [0.25, 0.3) is 11.0 Å². The molecule has 3 N–H and O–H groups in total. The summed E-state index contributed by atoms with van der Waals surface area (Å²) in [4.78, 5) is 4.32. The molecule has 0 atom stereocenters. The lowest BCUT2D eigenvalue weighted by molar-refractivity contribution is 0.204. The number of rotatable bonds is 5. The Labute approximate surface area is 112 Å². The van der Waals surface area contributed by atoms with Gasteiger partial charge in [0.1, 0.15) is 11.3 Å². The molecule has 0 aliphatic heterocycles. The van der Waals surface area contributed by atoms with Crippen molar-refractivity contribution in [2.24, 2.45) is 10.7 Å². The maximum Gasteiger partial charge on any atom is 0.189 e. The topological polar surface area (TPSA) is 72.8 Å². The van der Waals surface area contributed by atoms with E-state index in [1.54, 1.807) is 7.11 Å². The predicted molar refractivity (Wildman–Crippen MR) is 76.2 cm³/mol. The number of methoxy groups -OCH3 is 1. The van der Waals surface area contributed by atoms with Crippen LogP contribution in [0.5, 0.6) is 0 Å². The van der Waals surface area contributed by atoms with Gasteiger partial charge >= 0.3 is 0 Å². The van der Waals surface area contributed by atoms with E-state index in [4.69, 9.17) is 14.9 Å². The highest BCUT2D eigenvalue weighted by molar-refractivity contribution is 5.83. The highest BCUT2D eigenvalue weighted by Gasteiger charge is 2.09. The van der Waals surface area contributed by atoms with E-state index in [9.17, 15) is 0 Å². The Balaban J connectivity index is 2.09. The zero-order valence-corrected chi connectivity index (χ0v) is 11.3. The van der Waals surface area contributed by atoms with Gasteiger partial charge in [-0.05, 0) is 13.0 Å². The maximum absolute atomic E-state index is 5.78. The summed E-state index contributed by atoms with van der Waals surface area (Å²) in [5.41, 5.74) is 7.74. The van der Waals surface area contributed by atoms with Gasteiger partial charge in [0.05, 0.1) is 13.2 Å². The van der Waals surface area contributed by atoms with Crippen molar-refractivity contribution in [3.05, 3.63) is 35.6 Å². The van der Waals surface area contributed by atoms with Crippen molar-refractivity contribution in [3.8, 4) is 0 Å². The van der Waals surface area contributed by atoms with E-state index in [1.807, 2.05) is 31.2 Å². The first-order chi connectivity index (χ1) is 9.22. The molecular weight excluding hydrogens is 242 g/mol. The molecule has 102 valence electrons. The SMILES string of the molecule is COCCNC(N)=NCc1c(C)oc2ccccc12. The van der Waals surface area contributed by atoms with Crippen LogP contribution in [-0.2, 0) is 11.3 Å². The molecule has 0 aliphatic carbocycles. The van der Waals surface area contributed by atoms with Gasteiger partial charge in [-0.25, -0.2) is 4.99 Å². The third-order valence-electron chi connectivity index (χ3n) is 2.92. The zero-order chi connectivity index (χ0) is 13.7. The number of nitrogens with one attached hydrogen (secondary N) is 1. The van der Waals surface area contributed by atoms with Gasteiger partial charge in [-0.1, -0.05) is 18.2 Å². The molecule has 2 rings (SSSR count). The molecule has 0 saturated carbocycles. The number of benzene rings is 1. The summed E-state index contributed by atoms with van der Waals surface area (Å²) in [5.74, 6) is 1.30. The third-order valence-corrected chi connectivity index (χ3v) is 2.92. The van der Waals surface area contributed by atoms with Crippen LogP contribution in [0.2, 0.25) is 0 Å². The molecule has 0 unspecified atom stereocenters. The fourth-order valence-electron chi connectivity index (χ4n) is 1.92. The molecule has 1 aromatic carbocycles. The minimum absolute atomic E-state index is 0.418. The quantitative estimate of drug-likeness (QED) is 0.489. The molecule has 0 amide bonds. The highest BCUT2D eigenvalue weighted by atomic mass is 16.5. The van der Waals surface area contributed by atoms with E-state index in [1.165, 1.54) is 0 Å². The van der Waals surface area contributed by atoms with Crippen molar-refractivity contribution in [3.63, 3.8) is 0 Å². The molecule has 5 heteroatoms. The lowest BCUT2D eigenvalue weighted by Gasteiger charge is -2.04. The van der Waals surface area contributed by atoms with Crippen molar-refractivity contribution in [2.75, 3.05) is 20.3 Å². The van der Waals surface area contributed by atoms with Gasteiger partial charge in [-0.3, -0.25) is 0 Å². The number of hydrogen-bond acceptors (Lipinski definition) is 3. The van der Waals surface area contributed by atoms with Gasteiger partial charge in [-0.2, -0.15) is 0 Å². The van der Waals surface area contributed by atoms with Gasteiger partial charge in [-0.15, -0.1) is 0 Å². The first kappa shape index (κ1) is 13.4. The Hall–Kier alpha value is -2.01. The van der Waals surface area contributed by atoms with Crippen molar-refractivity contribution in [1.29, 1.82) is 0 Å². The number of guanidine groups is 1. The summed E-state index contributed by atoms with van der Waals surface area (Å²) in [5, 5.41) is 4.08. The summed E-state index contributed by atoms with van der Waals surface area (Å²) in [7, 11) is 1.65. The number of ether oxygens (including phenoxy) is 1. The normalized spacial score (nSPS) is 12.0. The summed E-state index contributed by atoms with van der Waals surface area (Å²) in [6, 6.07) is 7.94. The molecule has 1 aromatic heterocycles. The Morgan fingerprint density at radius 2 is 2.21 bits per heavy atom. The van der Waals surface area contributed by atoms with Crippen LogP contribution >= 0.6 is 0 Å². The smallest absolute Gasteiger partial charge is 0.189 e. The van der Waals surface area contributed by atoms with Gasteiger partial charge in [0.25, 0.3) is 0 Å². The van der Waals surface area contributed by atoms with E-state index in [2.05, 4.69) is 10.3 Å².